The maximum absolute atomic E-state index is 12.2. The molecule has 0 radical (unpaired) electrons. The fraction of sp³-hybridized carbons (Fsp3) is 0.462. The molecule has 0 aromatic heterocycles. The minimum atomic E-state index is -0.352. The van der Waals surface area contributed by atoms with Gasteiger partial charge in [-0.25, -0.2) is 0 Å². The van der Waals surface area contributed by atoms with Gasteiger partial charge in [-0.3, -0.25) is 4.79 Å². The average Bonchev–Trinajstić information content (AvgIpc) is 2.93. The van der Waals surface area contributed by atoms with Crippen LogP contribution in [0.15, 0.2) is 24.3 Å². The van der Waals surface area contributed by atoms with Crippen molar-refractivity contribution in [2.75, 3.05) is 13.1 Å². The van der Waals surface area contributed by atoms with Crippen LogP contribution >= 0.6 is 11.6 Å². The first-order valence-electron chi connectivity index (χ1n) is 5.91. The minimum Gasteiger partial charge on any atom is -0.480 e. The van der Waals surface area contributed by atoms with Crippen molar-refractivity contribution in [3.8, 4) is 5.75 Å². The van der Waals surface area contributed by atoms with Crippen LogP contribution < -0.4 is 4.74 Å². The summed E-state index contributed by atoms with van der Waals surface area (Å²) in [6.45, 7) is 1.40. The van der Waals surface area contributed by atoms with Gasteiger partial charge >= 0.3 is 0 Å². The van der Waals surface area contributed by atoms with E-state index in [1.807, 2.05) is 29.2 Å². The second-order valence-corrected chi connectivity index (χ2v) is 5.21. The Morgan fingerprint density at radius 1 is 1.41 bits per heavy atom. The average molecular weight is 252 g/mol. The lowest BCUT2D eigenvalue weighted by Gasteiger charge is -2.19. The fourth-order valence-electron chi connectivity index (χ4n) is 2.44. The number of nitrogens with zero attached hydrogens (tertiary/aromatic N) is 1. The number of hydrogen-bond acceptors (Lipinski definition) is 2. The van der Waals surface area contributed by atoms with E-state index >= 15 is 0 Å². The molecule has 4 heteroatoms. The quantitative estimate of drug-likeness (QED) is 0.713. The highest BCUT2D eigenvalue weighted by molar-refractivity contribution is 6.21. The lowest BCUT2D eigenvalue weighted by molar-refractivity contribution is -0.136. The zero-order chi connectivity index (χ0) is 11.8. The summed E-state index contributed by atoms with van der Waals surface area (Å²) in [5.41, 5.74) is 1.12. The maximum Gasteiger partial charge on any atom is 0.264 e. The molecule has 0 bridgehead atoms. The van der Waals surface area contributed by atoms with Crippen molar-refractivity contribution in [2.45, 2.75) is 24.3 Å². The number of ether oxygens (including phenoxy) is 1. The van der Waals surface area contributed by atoms with Gasteiger partial charge in [0.15, 0.2) is 6.10 Å². The molecule has 2 heterocycles. The van der Waals surface area contributed by atoms with Crippen LogP contribution in [0.1, 0.15) is 12.0 Å². The van der Waals surface area contributed by atoms with Crippen LogP contribution in [0, 0.1) is 0 Å². The Balaban J connectivity index is 1.70. The largest absolute Gasteiger partial charge is 0.480 e. The SMILES string of the molecule is O=C(C1Cc2ccccc2O1)N1CCC(Cl)C1. The molecule has 0 N–H and O–H groups in total. The molecule has 1 saturated heterocycles. The minimum absolute atomic E-state index is 0.0735. The number of halogens is 1. The van der Waals surface area contributed by atoms with E-state index in [4.69, 9.17) is 16.3 Å². The van der Waals surface area contributed by atoms with Crippen molar-refractivity contribution in [1.29, 1.82) is 0 Å². The number of rotatable bonds is 1. The van der Waals surface area contributed by atoms with Gasteiger partial charge in [0.25, 0.3) is 5.91 Å². The van der Waals surface area contributed by atoms with Gasteiger partial charge in [0.1, 0.15) is 5.75 Å². The maximum atomic E-state index is 12.2. The van der Waals surface area contributed by atoms with Crippen molar-refractivity contribution in [2.24, 2.45) is 0 Å². The third-order valence-electron chi connectivity index (χ3n) is 3.36. The second kappa shape index (κ2) is 4.22. The van der Waals surface area contributed by atoms with Crippen molar-refractivity contribution >= 4 is 17.5 Å². The molecule has 1 amide bonds. The highest BCUT2D eigenvalue weighted by Gasteiger charge is 2.34. The van der Waals surface area contributed by atoms with Crippen LogP contribution in [0.5, 0.6) is 5.75 Å². The predicted molar refractivity (Wildman–Crippen MR) is 65.4 cm³/mol. The van der Waals surface area contributed by atoms with Gasteiger partial charge in [0, 0.05) is 19.5 Å². The Morgan fingerprint density at radius 2 is 2.24 bits per heavy atom. The zero-order valence-electron chi connectivity index (χ0n) is 9.43. The number of alkyl halides is 1. The van der Waals surface area contributed by atoms with Crippen molar-refractivity contribution in [1.82, 2.24) is 4.90 Å². The predicted octanol–water partition coefficient (Wildman–Crippen LogP) is 1.83. The summed E-state index contributed by atoms with van der Waals surface area (Å²) in [6.07, 6.45) is 1.21. The zero-order valence-corrected chi connectivity index (χ0v) is 10.2. The first-order chi connectivity index (χ1) is 8.24. The number of fused-ring (bicyclic) bond motifs is 1. The molecule has 2 unspecified atom stereocenters. The first-order valence-corrected chi connectivity index (χ1v) is 6.35. The molecule has 0 saturated carbocycles. The van der Waals surface area contributed by atoms with E-state index < -0.39 is 0 Å². The van der Waals surface area contributed by atoms with E-state index in [-0.39, 0.29) is 17.4 Å². The van der Waals surface area contributed by atoms with Gasteiger partial charge in [-0.1, -0.05) is 18.2 Å². The molecular weight excluding hydrogens is 238 g/mol. The molecule has 0 aliphatic carbocycles. The Morgan fingerprint density at radius 3 is 2.94 bits per heavy atom. The van der Waals surface area contributed by atoms with Crippen molar-refractivity contribution in [3.63, 3.8) is 0 Å². The molecule has 90 valence electrons. The van der Waals surface area contributed by atoms with Crippen LogP contribution in [-0.2, 0) is 11.2 Å². The molecule has 3 rings (SSSR count). The van der Waals surface area contributed by atoms with Gasteiger partial charge in [-0.2, -0.15) is 0 Å². The van der Waals surface area contributed by atoms with Crippen LogP contribution in [-0.4, -0.2) is 35.4 Å². The highest BCUT2D eigenvalue weighted by atomic mass is 35.5. The van der Waals surface area contributed by atoms with Crippen LogP contribution in [0.25, 0.3) is 0 Å². The summed E-state index contributed by atoms with van der Waals surface area (Å²) in [6, 6.07) is 7.82. The van der Waals surface area contributed by atoms with E-state index in [2.05, 4.69) is 0 Å². The van der Waals surface area contributed by atoms with Gasteiger partial charge in [-0.05, 0) is 18.1 Å². The molecule has 1 aromatic rings. The number of likely N-dealkylation sites (tertiary alicyclic amines) is 1. The van der Waals surface area contributed by atoms with Gasteiger partial charge in [0.05, 0.1) is 5.38 Å². The monoisotopic (exact) mass is 251 g/mol. The van der Waals surface area contributed by atoms with E-state index in [1.165, 1.54) is 0 Å². The Bertz CT molecular complexity index is 424. The third-order valence-corrected chi connectivity index (χ3v) is 3.72. The number of benzene rings is 1. The molecule has 3 nitrogen and oxygen atoms in total. The normalized spacial score (nSPS) is 26.8. The smallest absolute Gasteiger partial charge is 0.264 e. The fourth-order valence-corrected chi connectivity index (χ4v) is 2.71. The Hall–Kier alpha value is -1.22. The Labute approximate surface area is 105 Å². The van der Waals surface area contributed by atoms with Gasteiger partial charge in [0.2, 0.25) is 0 Å². The van der Waals surface area contributed by atoms with Crippen molar-refractivity contribution < 1.29 is 9.53 Å². The van der Waals surface area contributed by atoms with Crippen molar-refractivity contribution in [3.05, 3.63) is 29.8 Å². The molecule has 0 spiro atoms. The molecular formula is C13H14ClNO2. The summed E-state index contributed by atoms with van der Waals surface area (Å²) in [4.78, 5) is 14.0. The lowest BCUT2D eigenvalue weighted by atomic mass is 10.1. The molecule has 1 fully saturated rings. The van der Waals surface area contributed by atoms with Gasteiger partial charge in [-0.15, -0.1) is 11.6 Å². The van der Waals surface area contributed by atoms with Gasteiger partial charge < -0.3 is 9.64 Å². The second-order valence-electron chi connectivity index (χ2n) is 4.59. The topological polar surface area (TPSA) is 29.5 Å². The third kappa shape index (κ3) is 2.00. The molecule has 2 aliphatic heterocycles. The van der Waals surface area contributed by atoms with E-state index in [0.717, 1.165) is 24.3 Å². The van der Waals surface area contributed by atoms with E-state index in [9.17, 15) is 4.79 Å². The number of amides is 1. The summed E-state index contributed by atoms with van der Waals surface area (Å²) < 4.78 is 5.68. The summed E-state index contributed by atoms with van der Waals surface area (Å²) in [7, 11) is 0. The summed E-state index contributed by atoms with van der Waals surface area (Å²) in [5, 5.41) is 0.0997. The van der Waals surface area contributed by atoms with Crippen LogP contribution in [0.3, 0.4) is 0 Å². The lowest BCUT2D eigenvalue weighted by Crippen LogP contribution is -2.40. The summed E-state index contributed by atoms with van der Waals surface area (Å²) in [5.74, 6) is 0.914. The molecule has 1 aromatic carbocycles. The Kier molecular flexibility index (Phi) is 2.71. The number of carbonyl (C=O) groups is 1. The molecule has 2 aliphatic rings. The summed E-state index contributed by atoms with van der Waals surface area (Å²) >= 11 is 6.01. The number of carbonyl (C=O) groups excluding carboxylic acids is 1. The van der Waals surface area contributed by atoms with Crippen LogP contribution in [0.4, 0.5) is 0 Å². The highest BCUT2D eigenvalue weighted by Crippen LogP contribution is 2.29. The standard InChI is InChI=1S/C13H14ClNO2/c14-10-5-6-15(8-10)13(16)12-7-9-3-1-2-4-11(9)17-12/h1-4,10,12H,5-8H2. The number of para-hydroxylation sites is 1. The molecule has 2 atom stereocenters. The first kappa shape index (κ1) is 10.9. The van der Waals surface area contributed by atoms with Crippen LogP contribution in [0.2, 0.25) is 0 Å². The van der Waals surface area contributed by atoms with E-state index in [0.29, 0.717) is 13.0 Å². The molecule has 17 heavy (non-hydrogen) atoms. The van der Waals surface area contributed by atoms with E-state index in [1.54, 1.807) is 0 Å². The number of hydrogen-bond donors (Lipinski definition) is 0.